The summed E-state index contributed by atoms with van der Waals surface area (Å²) in [5.74, 6) is 0.902. The molecule has 140 valence electrons. The second-order valence-corrected chi connectivity index (χ2v) is 7.36. The molecule has 2 aromatic rings. The van der Waals surface area contributed by atoms with Crippen molar-refractivity contribution in [2.75, 3.05) is 17.6 Å². The predicted octanol–water partition coefficient (Wildman–Crippen LogP) is 4.31. The first-order valence-electron chi connectivity index (χ1n) is 9.14. The van der Waals surface area contributed by atoms with Gasteiger partial charge in [0.25, 0.3) is 5.91 Å². The third-order valence-electron chi connectivity index (χ3n) is 4.30. The Bertz CT molecular complexity index is 841. The molecule has 0 saturated carbocycles. The van der Waals surface area contributed by atoms with Crippen molar-refractivity contribution in [1.82, 2.24) is 5.43 Å². The summed E-state index contributed by atoms with van der Waals surface area (Å²) in [6.45, 7) is 4.86. The van der Waals surface area contributed by atoms with Crippen LogP contribution in [0.25, 0.3) is 0 Å². The average molecular weight is 381 g/mol. The Morgan fingerprint density at radius 1 is 1.11 bits per heavy atom. The second-order valence-electron chi connectivity index (χ2n) is 6.28. The third-order valence-corrected chi connectivity index (χ3v) is 5.30. The molecule has 1 heterocycles. The van der Waals surface area contributed by atoms with Gasteiger partial charge < -0.3 is 5.32 Å². The van der Waals surface area contributed by atoms with Crippen LogP contribution in [0.4, 0.5) is 5.69 Å². The highest BCUT2D eigenvalue weighted by molar-refractivity contribution is 8.14. The van der Waals surface area contributed by atoms with E-state index in [-0.39, 0.29) is 5.91 Å². The lowest BCUT2D eigenvalue weighted by molar-refractivity contribution is 0.0955. The van der Waals surface area contributed by atoms with Crippen LogP contribution in [0.3, 0.4) is 0 Å². The van der Waals surface area contributed by atoms with Gasteiger partial charge in [-0.05, 0) is 55.2 Å². The molecule has 0 atom stereocenters. The number of hydrogen-bond donors (Lipinski definition) is 2. The number of nitrogens with zero attached hydrogens (tertiary/aromatic N) is 2. The topological polar surface area (TPSA) is 65.8 Å². The lowest BCUT2D eigenvalue weighted by Gasteiger charge is -2.13. The number of anilines is 1. The van der Waals surface area contributed by atoms with E-state index in [0.29, 0.717) is 5.56 Å². The van der Waals surface area contributed by atoms with E-state index in [1.54, 1.807) is 11.8 Å². The molecule has 2 aromatic carbocycles. The van der Waals surface area contributed by atoms with Crippen molar-refractivity contribution in [2.24, 2.45) is 10.1 Å². The van der Waals surface area contributed by atoms with Crippen molar-refractivity contribution >= 4 is 34.2 Å². The molecule has 0 bridgehead atoms. The first-order chi connectivity index (χ1) is 13.2. The summed E-state index contributed by atoms with van der Waals surface area (Å²) in [7, 11) is 0. The van der Waals surface area contributed by atoms with E-state index in [1.807, 2.05) is 55.5 Å². The molecule has 1 aliphatic rings. The van der Waals surface area contributed by atoms with Crippen molar-refractivity contribution in [1.29, 1.82) is 0 Å². The van der Waals surface area contributed by atoms with E-state index in [2.05, 4.69) is 27.8 Å². The lowest BCUT2D eigenvalue weighted by Crippen LogP contribution is -2.19. The van der Waals surface area contributed by atoms with Gasteiger partial charge in [0, 0.05) is 23.5 Å². The summed E-state index contributed by atoms with van der Waals surface area (Å²) < 4.78 is 0. The second kappa shape index (κ2) is 9.37. The number of hydrogen-bond acceptors (Lipinski definition) is 5. The molecule has 1 aliphatic heterocycles. The number of aliphatic imine (C=N–C) groups is 1. The van der Waals surface area contributed by atoms with Crippen molar-refractivity contribution in [3.05, 3.63) is 65.2 Å². The van der Waals surface area contributed by atoms with Crippen molar-refractivity contribution in [2.45, 2.75) is 26.7 Å². The first-order valence-corrected chi connectivity index (χ1v) is 10.1. The van der Waals surface area contributed by atoms with Crippen LogP contribution in [-0.4, -0.2) is 29.1 Å². The van der Waals surface area contributed by atoms with Crippen LogP contribution in [0.15, 0.2) is 58.6 Å². The van der Waals surface area contributed by atoms with Crippen LogP contribution in [-0.2, 0) is 6.42 Å². The number of aryl methyl sites for hydroxylation is 1. The number of thioether (sulfide) groups is 1. The fourth-order valence-electron chi connectivity index (χ4n) is 2.61. The molecule has 0 aromatic heterocycles. The Hall–Kier alpha value is -2.60. The minimum atomic E-state index is -0.206. The van der Waals surface area contributed by atoms with Gasteiger partial charge in [-0.2, -0.15) is 5.10 Å². The number of carbonyl (C=O) groups is 1. The van der Waals surface area contributed by atoms with E-state index in [1.165, 1.54) is 5.56 Å². The molecule has 0 fully saturated rings. The molecule has 1 amide bonds. The van der Waals surface area contributed by atoms with Crippen LogP contribution >= 0.6 is 11.8 Å². The predicted molar refractivity (Wildman–Crippen MR) is 115 cm³/mol. The van der Waals surface area contributed by atoms with Gasteiger partial charge in [0.05, 0.1) is 5.71 Å². The maximum atomic E-state index is 12.2. The van der Waals surface area contributed by atoms with Gasteiger partial charge >= 0.3 is 0 Å². The number of hydrazone groups is 1. The van der Waals surface area contributed by atoms with Gasteiger partial charge in [-0.3, -0.25) is 9.79 Å². The summed E-state index contributed by atoms with van der Waals surface area (Å²) in [6, 6.07) is 15.5. The maximum absolute atomic E-state index is 12.2. The Kier molecular flexibility index (Phi) is 6.65. The largest absolute Gasteiger partial charge is 0.335 e. The summed E-state index contributed by atoms with van der Waals surface area (Å²) in [4.78, 5) is 16.7. The highest BCUT2D eigenvalue weighted by Crippen LogP contribution is 2.17. The molecular formula is C21H24N4OS. The fourth-order valence-corrected chi connectivity index (χ4v) is 3.45. The zero-order valence-corrected chi connectivity index (χ0v) is 16.5. The molecule has 2 N–H and O–H groups in total. The van der Waals surface area contributed by atoms with Crippen LogP contribution in [0.1, 0.15) is 41.8 Å². The summed E-state index contributed by atoms with van der Waals surface area (Å²) in [5, 5.41) is 8.53. The normalized spacial score (nSPS) is 14.4. The van der Waals surface area contributed by atoms with Gasteiger partial charge in [-0.1, -0.05) is 43.0 Å². The number of amides is 1. The molecular weight excluding hydrogens is 356 g/mol. The van der Waals surface area contributed by atoms with E-state index in [0.717, 1.165) is 47.3 Å². The smallest absolute Gasteiger partial charge is 0.271 e. The molecule has 0 spiro atoms. The van der Waals surface area contributed by atoms with E-state index < -0.39 is 0 Å². The summed E-state index contributed by atoms with van der Waals surface area (Å²) in [5.41, 5.74) is 7.15. The standard InChI is InChI=1S/C21H24N4OS/c1-3-16-5-7-18(8-6-16)20(26)25-24-15(2)17-9-11-19(12-10-17)23-21-22-13-4-14-27-21/h5-12H,3-4,13-14H2,1-2H3,(H,22,23)(H,25,26)/b24-15-. The quantitative estimate of drug-likeness (QED) is 0.600. The van der Waals surface area contributed by atoms with E-state index in [4.69, 9.17) is 0 Å². The number of rotatable bonds is 5. The highest BCUT2D eigenvalue weighted by Gasteiger charge is 2.07. The van der Waals surface area contributed by atoms with Gasteiger partial charge in [0.15, 0.2) is 5.17 Å². The monoisotopic (exact) mass is 380 g/mol. The Labute approximate surface area is 164 Å². The molecule has 3 rings (SSSR count). The number of amidine groups is 1. The van der Waals surface area contributed by atoms with E-state index >= 15 is 0 Å². The number of benzene rings is 2. The van der Waals surface area contributed by atoms with Crippen molar-refractivity contribution < 1.29 is 4.79 Å². The van der Waals surface area contributed by atoms with Gasteiger partial charge in [-0.15, -0.1) is 0 Å². The van der Waals surface area contributed by atoms with Crippen LogP contribution in [0.2, 0.25) is 0 Å². The fraction of sp³-hybridized carbons (Fsp3) is 0.286. The number of carbonyl (C=O) groups excluding carboxylic acids is 1. The van der Waals surface area contributed by atoms with Crippen molar-refractivity contribution in [3.8, 4) is 0 Å². The Balaban J connectivity index is 1.59. The maximum Gasteiger partial charge on any atom is 0.271 e. The minimum absolute atomic E-state index is 0.206. The van der Waals surface area contributed by atoms with Crippen molar-refractivity contribution in [3.63, 3.8) is 0 Å². The molecule has 0 saturated heterocycles. The SMILES string of the molecule is CCc1ccc(C(=O)N/N=C(/C)c2ccc(NC3=NCCCS3)cc2)cc1. The molecule has 0 radical (unpaired) electrons. The zero-order chi connectivity index (χ0) is 19.1. The Morgan fingerprint density at radius 3 is 2.44 bits per heavy atom. The van der Waals surface area contributed by atoms with Gasteiger partial charge in [-0.25, -0.2) is 5.43 Å². The average Bonchev–Trinajstić information content (AvgIpc) is 2.73. The summed E-state index contributed by atoms with van der Waals surface area (Å²) >= 11 is 1.75. The van der Waals surface area contributed by atoms with Crippen LogP contribution in [0.5, 0.6) is 0 Å². The first kappa shape index (κ1) is 19.2. The lowest BCUT2D eigenvalue weighted by atomic mass is 10.1. The van der Waals surface area contributed by atoms with E-state index in [9.17, 15) is 4.79 Å². The van der Waals surface area contributed by atoms with Gasteiger partial charge in [0.1, 0.15) is 0 Å². The van der Waals surface area contributed by atoms with Crippen LogP contribution in [0, 0.1) is 0 Å². The molecule has 0 unspecified atom stereocenters. The Morgan fingerprint density at radius 2 is 1.81 bits per heavy atom. The van der Waals surface area contributed by atoms with Crippen LogP contribution < -0.4 is 10.7 Å². The summed E-state index contributed by atoms with van der Waals surface area (Å²) in [6.07, 6.45) is 2.09. The highest BCUT2D eigenvalue weighted by atomic mass is 32.2. The molecule has 6 heteroatoms. The molecule has 0 aliphatic carbocycles. The molecule has 5 nitrogen and oxygen atoms in total. The van der Waals surface area contributed by atoms with Gasteiger partial charge in [0.2, 0.25) is 0 Å². The number of nitrogens with one attached hydrogen (secondary N) is 2. The third kappa shape index (κ3) is 5.44. The molecule has 27 heavy (non-hydrogen) atoms. The minimum Gasteiger partial charge on any atom is -0.335 e. The zero-order valence-electron chi connectivity index (χ0n) is 15.7.